The van der Waals surface area contributed by atoms with E-state index in [1.54, 1.807) is 26.1 Å². The summed E-state index contributed by atoms with van der Waals surface area (Å²) >= 11 is 0. The van der Waals surface area contributed by atoms with Crippen molar-refractivity contribution in [2.24, 2.45) is 4.99 Å². The third-order valence-electron chi connectivity index (χ3n) is 3.13. The summed E-state index contributed by atoms with van der Waals surface area (Å²) in [5.41, 5.74) is 0.819. The molecule has 0 unspecified atom stereocenters. The second-order valence-electron chi connectivity index (χ2n) is 5.20. The molecular formula is C15H23F3N4O3S. The number of ether oxygens (including phenoxy) is 1. The first-order chi connectivity index (χ1) is 12.1. The number of aliphatic imine (C=N–C) groups is 1. The first kappa shape index (κ1) is 22.0. The highest BCUT2D eigenvalue weighted by atomic mass is 32.2. The third kappa shape index (κ3) is 9.47. The maximum Gasteiger partial charge on any atom is 0.422 e. The third-order valence-corrected chi connectivity index (χ3v) is 4.53. The molecule has 26 heavy (non-hydrogen) atoms. The van der Waals surface area contributed by atoms with Gasteiger partial charge in [-0.05, 0) is 24.6 Å². The summed E-state index contributed by atoms with van der Waals surface area (Å²) in [5, 5.41) is 5.96. The molecule has 1 rings (SSSR count). The number of guanidine groups is 1. The monoisotopic (exact) mass is 396 g/mol. The topological polar surface area (TPSA) is 91.8 Å². The van der Waals surface area contributed by atoms with Crippen molar-refractivity contribution in [1.29, 1.82) is 0 Å². The van der Waals surface area contributed by atoms with Gasteiger partial charge in [-0.1, -0.05) is 12.1 Å². The van der Waals surface area contributed by atoms with Crippen molar-refractivity contribution in [1.82, 2.24) is 15.4 Å². The van der Waals surface area contributed by atoms with Crippen LogP contribution in [0.3, 0.4) is 0 Å². The quantitative estimate of drug-likeness (QED) is 0.332. The maximum absolute atomic E-state index is 12.1. The van der Waals surface area contributed by atoms with Crippen LogP contribution in [0.1, 0.15) is 12.5 Å². The van der Waals surface area contributed by atoms with Gasteiger partial charge in [-0.15, -0.1) is 0 Å². The van der Waals surface area contributed by atoms with Crippen LogP contribution in [0.5, 0.6) is 5.75 Å². The zero-order valence-electron chi connectivity index (χ0n) is 14.6. The minimum Gasteiger partial charge on any atom is -0.484 e. The molecule has 7 nitrogen and oxygen atoms in total. The largest absolute Gasteiger partial charge is 0.484 e. The molecule has 0 fully saturated rings. The van der Waals surface area contributed by atoms with Gasteiger partial charge in [0.15, 0.2) is 12.6 Å². The average Bonchev–Trinajstić information content (AvgIpc) is 2.59. The smallest absolute Gasteiger partial charge is 0.422 e. The molecule has 0 amide bonds. The molecule has 0 bridgehead atoms. The molecule has 0 aliphatic heterocycles. The summed E-state index contributed by atoms with van der Waals surface area (Å²) in [6.07, 6.45) is -4.37. The van der Waals surface area contributed by atoms with E-state index in [4.69, 9.17) is 0 Å². The van der Waals surface area contributed by atoms with Gasteiger partial charge < -0.3 is 15.4 Å². The number of alkyl halides is 3. The molecular weight excluding hydrogens is 373 g/mol. The van der Waals surface area contributed by atoms with Crippen LogP contribution in [0.15, 0.2) is 29.3 Å². The van der Waals surface area contributed by atoms with Gasteiger partial charge in [0, 0.05) is 26.7 Å². The molecule has 0 heterocycles. The van der Waals surface area contributed by atoms with Gasteiger partial charge in [-0.2, -0.15) is 13.2 Å². The Morgan fingerprint density at radius 3 is 2.35 bits per heavy atom. The molecule has 11 heteroatoms. The van der Waals surface area contributed by atoms with Crippen molar-refractivity contribution in [3.8, 4) is 5.75 Å². The fraction of sp³-hybridized carbons (Fsp3) is 0.533. The number of hydrogen-bond acceptors (Lipinski definition) is 4. The molecule has 0 aliphatic carbocycles. The summed E-state index contributed by atoms with van der Waals surface area (Å²) in [5.74, 6) is 0.623. The van der Waals surface area contributed by atoms with Gasteiger partial charge in [0.05, 0.1) is 5.75 Å². The number of rotatable bonds is 9. The minimum absolute atomic E-state index is 0.0165. The fourth-order valence-electron chi connectivity index (χ4n) is 1.76. The summed E-state index contributed by atoms with van der Waals surface area (Å²) in [6.45, 7) is 1.18. The highest BCUT2D eigenvalue weighted by molar-refractivity contribution is 7.89. The van der Waals surface area contributed by atoms with E-state index in [1.807, 2.05) is 0 Å². The predicted molar refractivity (Wildman–Crippen MR) is 93.7 cm³/mol. The second kappa shape index (κ2) is 10.2. The summed E-state index contributed by atoms with van der Waals surface area (Å²) < 4.78 is 65.9. The number of nitrogens with zero attached hydrogens (tertiary/aromatic N) is 1. The zero-order valence-corrected chi connectivity index (χ0v) is 15.4. The maximum atomic E-state index is 12.1. The lowest BCUT2D eigenvalue weighted by Crippen LogP contribution is -2.41. The molecule has 0 saturated heterocycles. The Hall–Kier alpha value is -2.01. The van der Waals surface area contributed by atoms with E-state index < -0.39 is 22.8 Å². The first-order valence-corrected chi connectivity index (χ1v) is 9.51. The van der Waals surface area contributed by atoms with E-state index in [2.05, 4.69) is 25.1 Å². The number of halogens is 3. The minimum atomic E-state index is -4.37. The normalized spacial score (nSPS) is 12.7. The van der Waals surface area contributed by atoms with Crippen molar-refractivity contribution in [2.75, 3.05) is 32.5 Å². The highest BCUT2D eigenvalue weighted by Crippen LogP contribution is 2.18. The molecule has 0 spiro atoms. The van der Waals surface area contributed by atoms with Crippen LogP contribution in [0.25, 0.3) is 0 Å². The van der Waals surface area contributed by atoms with E-state index in [9.17, 15) is 21.6 Å². The van der Waals surface area contributed by atoms with Crippen LogP contribution < -0.4 is 20.1 Å². The summed E-state index contributed by atoms with van der Waals surface area (Å²) in [4.78, 5) is 4.00. The van der Waals surface area contributed by atoms with Crippen molar-refractivity contribution >= 4 is 16.0 Å². The number of hydrogen-bond donors (Lipinski definition) is 3. The Balaban J connectivity index is 2.37. The van der Waals surface area contributed by atoms with E-state index in [-0.39, 0.29) is 18.0 Å². The molecule has 3 N–H and O–H groups in total. The molecule has 0 radical (unpaired) electrons. The van der Waals surface area contributed by atoms with Crippen molar-refractivity contribution in [2.45, 2.75) is 19.6 Å². The van der Waals surface area contributed by atoms with Gasteiger partial charge in [0.25, 0.3) is 0 Å². The molecule has 1 aromatic rings. The van der Waals surface area contributed by atoms with Crippen molar-refractivity contribution in [3.63, 3.8) is 0 Å². The fourth-order valence-corrected chi connectivity index (χ4v) is 2.38. The predicted octanol–water partition coefficient (Wildman–Crippen LogP) is 1.23. The Bertz CT molecular complexity index is 676. The molecule has 0 atom stereocenters. The van der Waals surface area contributed by atoms with Crippen molar-refractivity contribution < 1.29 is 26.3 Å². The standard InChI is InChI=1S/C15H23F3N4O3S/c1-3-26(23,24)22-9-8-20-14(19-2)21-10-12-4-6-13(7-5-12)25-11-15(16,17)18/h4-7,22H,3,8-11H2,1-2H3,(H2,19,20,21). The van der Waals surface area contributed by atoms with E-state index in [1.165, 1.54) is 12.1 Å². The highest BCUT2D eigenvalue weighted by Gasteiger charge is 2.28. The number of benzene rings is 1. The number of nitrogens with one attached hydrogen (secondary N) is 3. The van der Waals surface area contributed by atoms with Gasteiger partial charge in [-0.25, -0.2) is 13.1 Å². The Kier molecular flexibility index (Phi) is 8.66. The second-order valence-corrected chi connectivity index (χ2v) is 7.29. The molecule has 0 aromatic heterocycles. The van der Waals surface area contributed by atoms with Crippen LogP contribution >= 0.6 is 0 Å². The van der Waals surface area contributed by atoms with Crippen molar-refractivity contribution in [3.05, 3.63) is 29.8 Å². The van der Waals surface area contributed by atoms with Gasteiger partial charge in [-0.3, -0.25) is 4.99 Å². The lowest BCUT2D eigenvalue weighted by molar-refractivity contribution is -0.153. The molecule has 0 aliphatic rings. The van der Waals surface area contributed by atoms with Crippen LogP contribution in [0, 0.1) is 0 Å². The van der Waals surface area contributed by atoms with E-state index >= 15 is 0 Å². The number of sulfonamides is 1. The first-order valence-electron chi connectivity index (χ1n) is 7.85. The van der Waals surface area contributed by atoms with Gasteiger partial charge >= 0.3 is 6.18 Å². The van der Waals surface area contributed by atoms with Crippen LogP contribution in [0.2, 0.25) is 0 Å². The summed E-state index contributed by atoms with van der Waals surface area (Å²) in [7, 11) is -1.66. The Labute approximate surface area is 151 Å². The van der Waals surface area contributed by atoms with Gasteiger partial charge in [0.2, 0.25) is 10.0 Å². The Morgan fingerprint density at radius 2 is 1.81 bits per heavy atom. The molecule has 1 aromatic carbocycles. The molecule has 0 saturated carbocycles. The van der Waals surface area contributed by atoms with Crippen LogP contribution in [-0.4, -0.2) is 53.1 Å². The zero-order chi connectivity index (χ0) is 19.6. The average molecular weight is 396 g/mol. The SMILES string of the molecule is CCS(=O)(=O)NCCNC(=NC)NCc1ccc(OCC(F)(F)F)cc1. The lowest BCUT2D eigenvalue weighted by Gasteiger charge is -2.13. The molecule has 148 valence electrons. The summed E-state index contributed by atoms with van der Waals surface area (Å²) in [6, 6.07) is 6.19. The lowest BCUT2D eigenvalue weighted by atomic mass is 10.2. The van der Waals surface area contributed by atoms with E-state index in [0.29, 0.717) is 19.0 Å². The van der Waals surface area contributed by atoms with E-state index in [0.717, 1.165) is 5.56 Å². The van der Waals surface area contributed by atoms with Crippen LogP contribution in [-0.2, 0) is 16.6 Å². The Morgan fingerprint density at radius 1 is 1.15 bits per heavy atom. The van der Waals surface area contributed by atoms with Crippen LogP contribution in [0.4, 0.5) is 13.2 Å². The van der Waals surface area contributed by atoms with Gasteiger partial charge in [0.1, 0.15) is 5.75 Å².